The lowest BCUT2D eigenvalue weighted by atomic mass is 9.71. The second-order valence-corrected chi connectivity index (χ2v) is 10.4. The number of carbonyl (C=O) groups is 1. The van der Waals surface area contributed by atoms with Crippen LogP contribution >= 0.6 is 11.6 Å². The van der Waals surface area contributed by atoms with E-state index < -0.39 is 0 Å². The first kappa shape index (κ1) is 25.2. The third-order valence-electron chi connectivity index (χ3n) is 7.10. The molecule has 0 saturated carbocycles. The van der Waals surface area contributed by atoms with Crippen LogP contribution in [0.15, 0.2) is 35.4 Å². The Bertz CT molecular complexity index is 791. The molecule has 2 aliphatic rings. The summed E-state index contributed by atoms with van der Waals surface area (Å²) in [5.74, 6) is 0.0901. The molecule has 1 fully saturated rings. The normalized spacial score (nSPS) is 23.5. The fourth-order valence-corrected chi connectivity index (χ4v) is 5.47. The number of hydrogen-bond acceptors (Lipinski definition) is 4. The maximum absolute atomic E-state index is 12.9. The van der Waals surface area contributed by atoms with Crippen LogP contribution in [-0.2, 0) is 16.1 Å². The molecule has 1 aliphatic heterocycles. The van der Waals surface area contributed by atoms with Crippen molar-refractivity contribution in [3.8, 4) is 0 Å². The highest BCUT2D eigenvalue weighted by atomic mass is 35.5. The summed E-state index contributed by atoms with van der Waals surface area (Å²) in [5.41, 5.74) is 4.69. The van der Waals surface area contributed by atoms with E-state index in [4.69, 9.17) is 16.3 Å². The summed E-state index contributed by atoms with van der Waals surface area (Å²) in [4.78, 5) is 15.2. The number of rotatable bonds is 10. The van der Waals surface area contributed by atoms with Crippen molar-refractivity contribution in [1.82, 2.24) is 15.5 Å². The highest BCUT2D eigenvalue weighted by molar-refractivity contribution is 6.30. The van der Waals surface area contributed by atoms with E-state index in [1.807, 2.05) is 24.3 Å². The van der Waals surface area contributed by atoms with Gasteiger partial charge in [0.1, 0.15) is 0 Å². The van der Waals surface area contributed by atoms with Crippen LogP contribution in [0.25, 0.3) is 0 Å². The Morgan fingerprint density at radius 1 is 1.25 bits per heavy atom. The summed E-state index contributed by atoms with van der Waals surface area (Å²) in [6.07, 6.45) is 5.74. The summed E-state index contributed by atoms with van der Waals surface area (Å²) in [6.45, 7) is 10.7. The van der Waals surface area contributed by atoms with E-state index in [1.165, 1.54) is 24.8 Å². The first-order valence-corrected chi connectivity index (χ1v) is 12.4. The van der Waals surface area contributed by atoms with Crippen molar-refractivity contribution in [2.24, 2.45) is 5.41 Å². The molecule has 0 unspecified atom stereocenters. The molecule has 0 bridgehead atoms. The van der Waals surface area contributed by atoms with E-state index in [0.717, 1.165) is 37.5 Å². The Labute approximate surface area is 198 Å². The molecule has 178 valence electrons. The summed E-state index contributed by atoms with van der Waals surface area (Å²) >= 11 is 6.05. The predicted molar refractivity (Wildman–Crippen MR) is 132 cm³/mol. The van der Waals surface area contributed by atoms with Gasteiger partial charge in [0.05, 0.1) is 12.6 Å². The zero-order chi connectivity index (χ0) is 23.1. The first-order chi connectivity index (χ1) is 15.3. The average Bonchev–Trinajstić information content (AvgIpc) is 3.14. The molecule has 3 rings (SSSR count). The summed E-state index contributed by atoms with van der Waals surface area (Å²) in [7, 11) is 1.65. The molecule has 2 atom stereocenters. The lowest BCUT2D eigenvalue weighted by Crippen LogP contribution is -2.43. The molecule has 1 amide bonds. The van der Waals surface area contributed by atoms with E-state index in [0.29, 0.717) is 24.6 Å². The third kappa shape index (κ3) is 6.80. The highest BCUT2D eigenvalue weighted by Gasteiger charge is 2.36. The second-order valence-electron chi connectivity index (χ2n) is 9.99. The van der Waals surface area contributed by atoms with E-state index in [1.54, 1.807) is 18.3 Å². The summed E-state index contributed by atoms with van der Waals surface area (Å²) < 4.78 is 5.09. The Morgan fingerprint density at radius 3 is 2.69 bits per heavy atom. The van der Waals surface area contributed by atoms with Crippen LogP contribution in [-0.4, -0.2) is 56.2 Å². The van der Waals surface area contributed by atoms with E-state index in [-0.39, 0.29) is 11.9 Å². The number of likely N-dealkylation sites (tertiary alicyclic amines) is 1. The molecule has 1 aromatic carbocycles. The number of nitrogens with one attached hydrogen (secondary N) is 2. The van der Waals surface area contributed by atoms with Crippen molar-refractivity contribution in [3.05, 3.63) is 46.0 Å². The minimum atomic E-state index is -0.132. The van der Waals surface area contributed by atoms with Gasteiger partial charge in [-0.3, -0.25) is 9.69 Å². The molecular weight excluding hydrogens is 422 g/mol. The first-order valence-electron chi connectivity index (χ1n) is 12.0. The molecule has 0 spiro atoms. The smallest absolute Gasteiger partial charge is 0.237 e. The lowest BCUT2D eigenvalue weighted by Gasteiger charge is -2.35. The van der Waals surface area contributed by atoms with E-state index >= 15 is 0 Å². The largest absolute Gasteiger partial charge is 0.383 e. The fraction of sp³-hybridized carbons (Fsp3) is 0.654. The van der Waals surface area contributed by atoms with E-state index in [2.05, 4.69) is 36.3 Å². The predicted octanol–water partition coefficient (Wildman–Crippen LogP) is 4.55. The monoisotopic (exact) mass is 461 g/mol. The number of allylic oxidation sites excluding steroid dienone is 1. The molecule has 0 radical (unpaired) electrons. The van der Waals surface area contributed by atoms with Crippen molar-refractivity contribution >= 4 is 17.5 Å². The van der Waals surface area contributed by atoms with Gasteiger partial charge in [0.15, 0.2) is 0 Å². The zero-order valence-corrected chi connectivity index (χ0v) is 20.9. The quantitative estimate of drug-likeness (QED) is 0.396. The topological polar surface area (TPSA) is 53.6 Å². The molecule has 2 N–H and O–H groups in total. The summed E-state index contributed by atoms with van der Waals surface area (Å²) in [6, 6.07) is 8.10. The van der Waals surface area contributed by atoms with Crippen LogP contribution in [0.1, 0.15) is 58.4 Å². The summed E-state index contributed by atoms with van der Waals surface area (Å²) in [5, 5.41) is 7.53. The van der Waals surface area contributed by atoms with Gasteiger partial charge < -0.3 is 15.4 Å². The zero-order valence-electron chi connectivity index (χ0n) is 20.2. The van der Waals surface area contributed by atoms with Gasteiger partial charge in [0.2, 0.25) is 5.91 Å². The maximum atomic E-state index is 12.9. The second kappa shape index (κ2) is 11.6. The van der Waals surface area contributed by atoms with Crippen molar-refractivity contribution in [1.29, 1.82) is 0 Å². The fourth-order valence-electron chi connectivity index (χ4n) is 5.35. The molecule has 32 heavy (non-hydrogen) atoms. The molecule has 1 heterocycles. The van der Waals surface area contributed by atoms with Crippen LogP contribution in [0.5, 0.6) is 0 Å². The van der Waals surface area contributed by atoms with Gasteiger partial charge in [-0.25, -0.2) is 0 Å². The van der Waals surface area contributed by atoms with Crippen molar-refractivity contribution in [3.63, 3.8) is 0 Å². The van der Waals surface area contributed by atoms with Gasteiger partial charge >= 0.3 is 0 Å². The van der Waals surface area contributed by atoms with Crippen LogP contribution in [0.2, 0.25) is 5.02 Å². The van der Waals surface area contributed by atoms with Gasteiger partial charge in [-0.15, -0.1) is 0 Å². The number of ether oxygens (including phenoxy) is 1. The Balaban J connectivity index is 1.60. The number of carbonyl (C=O) groups excluding carboxylic acids is 1. The molecule has 1 aliphatic carbocycles. The maximum Gasteiger partial charge on any atom is 0.237 e. The van der Waals surface area contributed by atoms with Gasteiger partial charge in [-0.05, 0) is 68.7 Å². The lowest BCUT2D eigenvalue weighted by molar-refractivity contribution is -0.125. The van der Waals surface area contributed by atoms with Crippen LogP contribution < -0.4 is 10.6 Å². The van der Waals surface area contributed by atoms with Crippen molar-refractivity contribution in [2.75, 3.05) is 33.4 Å². The molecule has 6 heteroatoms. The van der Waals surface area contributed by atoms with Crippen LogP contribution in [0, 0.1) is 5.41 Å². The molecule has 0 aromatic heterocycles. The standard InChI is InChI=1S/C26H40ClN3O2/c1-19-6-5-12-26(2,3)23(19)11-13-28-22-16-24(25(31)29-14-15-32-4)30(18-22)17-20-7-9-21(27)10-8-20/h7-10,22,24,28H,5-6,11-18H2,1-4H3,(H,29,31)/t22-,24-/m0/s1. The van der Waals surface area contributed by atoms with Crippen molar-refractivity contribution < 1.29 is 9.53 Å². The van der Waals surface area contributed by atoms with Gasteiger partial charge in [-0.1, -0.05) is 48.7 Å². The van der Waals surface area contributed by atoms with E-state index in [9.17, 15) is 4.79 Å². The number of halogens is 1. The number of methoxy groups -OCH3 is 1. The number of nitrogens with zero attached hydrogens (tertiary/aromatic N) is 1. The Morgan fingerprint density at radius 2 is 2.00 bits per heavy atom. The highest BCUT2D eigenvalue weighted by Crippen LogP contribution is 2.41. The molecule has 1 aromatic rings. The average molecular weight is 462 g/mol. The van der Waals surface area contributed by atoms with Crippen LogP contribution in [0.4, 0.5) is 0 Å². The SMILES string of the molecule is COCCNC(=O)[C@@H]1C[C@H](NCCC2=C(C)CCCC2(C)C)CN1Cc1ccc(Cl)cc1. The molecular formula is C26H40ClN3O2. The number of hydrogen-bond donors (Lipinski definition) is 2. The van der Waals surface area contributed by atoms with Crippen molar-refractivity contribution in [2.45, 2.75) is 71.5 Å². The Kier molecular flexibility index (Phi) is 9.18. The number of amides is 1. The van der Waals surface area contributed by atoms with Gasteiger partial charge in [0.25, 0.3) is 0 Å². The van der Waals surface area contributed by atoms with Gasteiger partial charge in [-0.2, -0.15) is 0 Å². The minimum Gasteiger partial charge on any atom is -0.383 e. The van der Waals surface area contributed by atoms with Gasteiger partial charge in [0, 0.05) is 37.8 Å². The Hall–Kier alpha value is -1.40. The number of benzene rings is 1. The molecule has 5 nitrogen and oxygen atoms in total. The molecule has 1 saturated heterocycles. The minimum absolute atomic E-state index is 0.0901. The van der Waals surface area contributed by atoms with Crippen LogP contribution in [0.3, 0.4) is 0 Å². The third-order valence-corrected chi connectivity index (χ3v) is 7.36.